The van der Waals surface area contributed by atoms with Gasteiger partial charge in [-0.3, -0.25) is 0 Å². The van der Waals surface area contributed by atoms with E-state index in [0.717, 1.165) is 11.1 Å². The fraction of sp³-hybridized carbons (Fsp3) is 0.333. The van der Waals surface area contributed by atoms with E-state index in [-0.39, 0.29) is 11.9 Å². The van der Waals surface area contributed by atoms with E-state index in [1.807, 2.05) is 19.1 Å². The van der Waals surface area contributed by atoms with Crippen LogP contribution in [0, 0.1) is 5.82 Å². The fourth-order valence-corrected chi connectivity index (χ4v) is 2.81. The smallest absolute Gasteiger partial charge is 0.179 e. The third-order valence-corrected chi connectivity index (χ3v) is 4.04. The van der Waals surface area contributed by atoms with E-state index in [2.05, 4.69) is 5.32 Å². The molecular formula is C18H21ClFNO3. The van der Waals surface area contributed by atoms with Crippen LogP contribution in [0.4, 0.5) is 4.39 Å². The molecule has 6 heteroatoms. The molecule has 1 atom stereocenters. The molecule has 0 aliphatic carbocycles. The third kappa shape index (κ3) is 4.10. The standard InChI is InChI=1S/C18H21ClFNO3/c1-11(14-9-13(20)5-6-16(14)22-2)21-10-12-7-15(19)18(24-4)17(8-12)23-3/h5-9,11,21H,10H2,1-4H3. The first kappa shape index (κ1) is 18.4. The first-order valence-electron chi connectivity index (χ1n) is 7.47. The third-order valence-electron chi connectivity index (χ3n) is 3.76. The van der Waals surface area contributed by atoms with Gasteiger partial charge in [-0.25, -0.2) is 4.39 Å². The van der Waals surface area contributed by atoms with Gasteiger partial charge in [0, 0.05) is 18.2 Å². The van der Waals surface area contributed by atoms with Gasteiger partial charge >= 0.3 is 0 Å². The van der Waals surface area contributed by atoms with Gasteiger partial charge in [-0.2, -0.15) is 0 Å². The van der Waals surface area contributed by atoms with Crippen molar-refractivity contribution in [1.29, 1.82) is 0 Å². The van der Waals surface area contributed by atoms with Crippen molar-refractivity contribution in [2.45, 2.75) is 19.5 Å². The maximum Gasteiger partial charge on any atom is 0.179 e. The molecule has 0 aliphatic heterocycles. The molecule has 1 unspecified atom stereocenters. The SMILES string of the molecule is COc1ccc(F)cc1C(C)NCc1cc(Cl)c(OC)c(OC)c1. The second kappa shape index (κ2) is 8.22. The van der Waals surface area contributed by atoms with Gasteiger partial charge in [0.1, 0.15) is 11.6 Å². The number of hydrogen-bond donors (Lipinski definition) is 1. The maximum atomic E-state index is 13.5. The zero-order chi connectivity index (χ0) is 17.7. The molecule has 0 bridgehead atoms. The Bertz CT molecular complexity index is 709. The Hall–Kier alpha value is -1.98. The molecule has 1 N–H and O–H groups in total. The van der Waals surface area contributed by atoms with Crippen LogP contribution >= 0.6 is 11.6 Å². The molecule has 130 valence electrons. The Labute approximate surface area is 146 Å². The van der Waals surface area contributed by atoms with Crippen LogP contribution in [0.1, 0.15) is 24.1 Å². The minimum Gasteiger partial charge on any atom is -0.496 e. The number of halogens is 2. The molecule has 24 heavy (non-hydrogen) atoms. The lowest BCUT2D eigenvalue weighted by molar-refractivity contribution is 0.354. The Balaban J connectivity index is 2.16. The highest BCUT2D eigenvalue weighted by Crippen LogP contribution is 2.36. The summed E-state index contributed by atoms with van der Waals surface area (Å²) in [6, 6.07) is 8.03. The van der Waals surface area contributed by atoms with Crippen molar-refractivity contribution < 1.29 is 18.6 Å². The number of nitrogens with one attached hydrogen (secondary N) is 1. The van der Waals surface area contributed by atoms with Gasteiger partial charge in [0.05, 0.1) is 26.4 Å². The second-order valence-electron chi connectivity index (χ2n) is 5.30. The van der Waals surface area contributed by atoms with Gasteiger partial charge in [0.15, 0.2) is 11.5 Å². The first-order chi connectivity index (χ1) is 11.5. The van der Waals surface area contributed by atoms with E-state index in [4.69, 9.17) is 25.8 Å². The molecule has 0 radical (unpaired) electrons. The van der Waals surface area contributed by atoms with Crippen LogP contribution in [0.15, 0.2) is 30.3 Å². The van der Waals surface area contributed by atoms with Gasteiger partial charge in [-0.15, -0.1) is 0 Å². The van der Waals surface area contributed by atoms with E-state index < -0.39 is 0 Å². The number of rotatable bonds is 7. The van der Waals surface area contributed by atoms with Gasteiger partial charge < -0.3 is 19.5 Å². The average Bonchev–Trinajstić information content (AvgIpc) is 2.58. The highest BCUT2D eigenvalue weighted by Gasteiger charge is 2.14. The molecule has 0 spiro atoms. The van der Waals surface area contributed by atoms with Crippen LogP contribution in [0.25, 0.3) is 0 Å². The van der Waals surface area contributed by atoms with Crippen LogP contribution < -0.4 is 19.5 Å². The summed E-state index contributed by atoms with van der Waals surface area (Å²) < 4.78 is 29.3. The molecule has 2 aromatic rings. The molecule has 2 rings (SSSR count). The van der Waals surface area contributed by atoms with Crippen LogP contribution in [0.2, 0.25) is 5.02 Å². The average molecular weight is 354 g/mol. The Kier molecular flexibility index (Phi) is 6.29. The van der Waals surface area contributed by atoms with E-state index in [1.165, 1.54) is 12.1 Å². The van der Waals surface area contributed by atoms with Crippen LogP contribution in [-0.2, 0) is 6.54 Å². The van der Waals surface area contributed by atoms with Crippen molar-refractivity contribution >= 4 is 11.6 Å². The molecule has 0 amide bonds. The molecule has 2 aromatic carbocycles. The van der Waals surface area contributed by atoms with E-state index in [1.54, 1.807) is 27.4 Å². The van der Waals surface area contributed by atoms with Gasteiger partial charge in [0.25, 0.3) is 0 Å². The quantitative estimate of drug-likeness (QED) is 0.803. The maximum absolute atomic E-state index is 13.5. The lowest BCUT2D eigenvalue weighted by Crippen LogP contribution is -2.19. The number of hydrogen-bond acceptors (Lipinski definition) is 4. The summed E-state index contributed by atoms with van der Waals surface area (Å²) >= 11 is 6.21. The topological polar surface area (TPSA) is 39.7 Å². The van der Waals surface area contributed by atoms with Gasteiger partial charge in [-0.1, -0.05) is 11.6 Å². The number of methoxy groups -OCH3 is 3. The zero-order valence-corrected chi connectivity index (χ0v) is 14.9. The molecule has 0 aliphatic rings. The van der Waals surface area contributed by atoms with Gasteiger partial charge in [-0.05, 0) is 42.8 Å². The van der Waals surface area contributed by atoms with Crippen LogP contribution in [-0.4, -0.2) is 21.3 Å². The Morgan fingerprint density at radius 3 is 2.38 bits per heavy atom. The second-order valence-corrected chi connectivity index (χ2v) is 5.71. The van der Waals surface area contributed by atoms with Crippen molar-refractivity contribution in [3.8, 4) is 17.2 Å². The van der Waals surface area contributed by atoms with Crippen molar-refractivity contribution in [3.05, 3.63) is 52.3 Å². The molecule has 4 nitrogen and oxygen atoms in total. The van der Waals surface area contributed by atoms with E-state index in [0.29, 0.717) is 28.8 Å². The highest BCUT2D eigenvalue weighted by molar-refractivity contribution is 6.32. The predicted molar refractivity (Wildman–Crippen MR) is 92.8 cm³/mol. The summed E-state index contributed by atoms with van der Waals surface area (Å²) in [5, 5.41) is 3.81. The van der Waals surface area contributed by atoms with Crippen LogP contribution in [0.3, 0.4) is 0 Å². The van der Waals surface area contributed by atoms with E-state index in [9.17, 15) is 4.39 Å². The fourth-order valence-electron chi connectivity index (χ4n) is 2.50. The summed E-state index contributed by atoms with van der Waals surface area (Å²) in [7, 11) is 4.67. The monoisotopic (exact) mass is 353 g/mol. The minimum absolute atomic E-state index is 0.109. The van der Waals surface area contributed by atoms with Crippen molar-refractivity contribution in [1.82, 2.24) is 5.32 Å². The largest absolute Gasteiger partial charge is 0.496 e. The first-order valence-corrected chi connectivity index (χ1v) is 7.85. The predicted octanol–water partition coefficient (Wildman–Crippen LogP) is 4.36. The van der Waals surface area contributed by atoms with Crippen molar-refractivity contribution in [2.75, 3.05) is 21.3 Å². The molecule has 0 saturated carbocycles. The highest BCUT2D eigenvalue weighted by atomic mass is 35.5. The molecule has 0 aromatic heterocycles. The summed E-state index contributed by atoms with van der Waals surface area (Å²) in [6.07, 6.45) is 0. The van der Waals surface area contributed by atoms with Crippen LogP contribution in [0.5, 0.6) is 17.2 Å². The Morgan fingerprint density at radius 2 is 1.75 bits per heavy atom. The number of ether oxygens (including phenoxy) is 3. The lowest BCUT2D eigenvalue weighted by atomic mass is 10.1. The molecule has 0 fully saturated rings. The molecular weight excluding hydrogens is 333 g/mol. The number of benzene rings is 2. The summed E-state index contributed by atoms with van der Waals surface area (Å²) in [6.45, 7) is 2.47. The van der Waals surface area contributed by atoms with Crippen molar-refractivity contribution in [2.24, 2.45) is 0 Å². The zero-order valence-electron chi connectivity index (χ0n) is 14.2. The van der Waals surface area contributed by atoms with E-state index >= 15 is 0 Å². The lowest BCUT2D eigenvalue weighted by Gasteiger charge is -2.18. The minimum atomic E-state index is -0.298. The van der Waals surface area contributed by atoms with Gasteiger partial charge in [0.2, 0.25) is 0 Å². The summed E-state index contributed by atoms with van der Waals surface area (Å²) in [4.78, 5) is 0. The summed E-state index contributed by atoms with van der Waals surface area (Å²) in [5.41, 5.74) is 1.68. The Morgan fingerprint density at radius 1 is 1.04 bits per heavy atom. The summed E-state index contributed by atoms with van der Waals surface area (Å²) in [5.74, 6) is 1.41. The molecule has 0 heterocycles. The molecule has 0 saturated heterocycles. The van der Waals surface area contributed by atoms with Crippen molar-refractivity contribution in [3.63, 3.8) is 0 Å². The normalized spacial score (nSPS) is 11.9.